The Balaban J connectivity index is 0.000000205. The number of aromatic nitrogens is 14. The van der Waals surface area contributed by atoms with Crippen LogP contribution in [0.1, 0.15) is 12.8 Å². The minimum atomic E-state index is -1.64. The molecule has 0 saturated carbocycles. The van der Waals surface area contributed by atoms with Crippen LogP contribution in [-0.4, -0.2) is 267 Å². The third-order valence-corrected chi connectivity index (χ3v) is 23.1. The molecule has 6 aliphatic rings. The Hall–Kier alpha value is -8.35. The molecule has 50 heteroatoms. The summed E-state index contributed by atoms with van der Waals surface area (Å²) in [4.78, 5) is 133. The number of hydrogen-bond acceptors (Lipinski definition) is 37. The first-order chi connectivity index (χ1) is 46.0. The number of oxime groups is 2. The largest absolute Gasteiger partial charge is 1.00 e. The van der Waals surface area contributed by atoms with Gasteiger partial charge in [-0.2, -0.15) is 5.26 Å². The topological polar surface area (TPSA) is 545 Å². The SMILES string of the molecule is CO/N=C(\C(=O)N[C@@H]1C(=O)N2C(C(=O)O)=C(CSc3nnnn3C)CS[C@H]12)c1csc(N)n1.CO/N=C(\C(=O)N[C@@H]1C(=O)N2C(C(=O)O)=C(CSc3nnnn3C)CS[C@H]12)c1csc(N)n1.CO[C@@]1(NC(=O)CSCC#N)C(=O)N2C(C(=O)O)=C(CSc3nnnn3C)CS[C@@H]21.[Cl-].[H+]. The number of carbonyl (C=O) groups excluding carboxylic acids is 6. The van der Waals surface area contributed by atoms with E-state index in [4.69, 9.17) is 31.1 Å². The predicted octanol–water partition coefficient (Wildman–Crippen LogP) is -5.35. The first-order valence-electron chi connectivity index (χ1n) is 26.8. The number of tetrazole rings is 3. The molecule has 6 atom stereocenters. The number of hydrogen-bond donors (Lipinski definition) is 8. The lowest BCUT2D eigenvalue weighted by Gasteiger charge is -2.55. The Labute approximate surface area is 590 Å². The average Bonchev–Trinajstić information content (AvgIpc) is 1.21. The van der Waals surface area contributed by atoms with Gasteiger partial charge in [0, 0.05) is 73.5 Å². The fourth-order valence-electron chi connectivity index (χ4n) is 9.36. The molecule has 0 aliphatic carbocycles. The second-order valence-electron chi connectivity index (χ2n) is 19.5. The second-order valence-corrected chi connectivity index (χ2v) is 28.4. The number of carboxylic acid groups (broad SMARTS) is 3. The zero-order valence-electron chi connectivity index (χ0n) is 51.6. The molecule has 5 aromatic rings. The van der Waals surface area contributed by atoms with Crippen LogP contribution in [0.4, 0.5) is 10.3 Å². The van der Waals surface area contributed by atoms with Crippen molar-refractivity contribution in [1.29, 1.82) is 5.26 Å². The van der Waals surface area contributed by atoms with E-state index >= 15 is 0 Å². The molecular weight excluding hydrogens is 1480 g/mol. The summed E-state index contributed by atoms with van der Waals surface area (Å²) in [5.41, 5.74) is 11.1. The van der Waals surface area contributed by atoms with E-state index in [0.29, 0.717) is 61.0 Å². The van der Waals surface area contributed by atoms with Gasteiger partial charge >= 0.3 is 19.3 Å². The number of nitrogens with two attached hydrogens (primary N) is 2. The summed E-state index contributed by atoms with van der Waals surface area (Å²) in [5.74, 6) is -5.16. The van der Waals surface area contributed by atoms with Gasteiger partial charge in [0.15, 0.2) is 21.7 Å². The number of aryl methyl sites for hydroxylation is 3. The first kappa shape index (κ1) is 74.4. The van der Waals surface area contributed by atoms with Gasteiger partial charge in [-0.05, 0) is 48.0 Å². The average molecular weight is 1530 g/mol. The van der Waals surface area contributed by atoms with E-state index in [0.717, 1.165) is 39.3 Å². The molecular formula is C47H52ClN25O15S9. The number of fused-ring (bicyclic) bond motifs is 3. The molecule has 0 radical (unpaired) electrons. The highest BCUT2D eigenvalue weighted by molar-refractivity contribution is 8.02. The molecule has 97 heavy (non-hydrogen) atoms. The molecule has 40 nitrogen and oxygen atoms in total. The smallest absolute Gasteiger partial charge is 1.00 e. The van der Waals surface area contributed by atoms with Crippen molar-refractivity contribution in [2.24, 2.45) is 31.5 Å². The van der Waals surface area contributed by atoms with Gasteiger partial charge in [-0.15, -0.1) is 85.0 Å². The van der Waals surface area contributed by atoms with Gasteiger partial charge < -0.3 is 69.6 Å². The number of nitriles is 1. The summed E-state index contributed by atoms with van der Waals surface area (Å²) in [7, 11) is 8.86. The van der Waals surface area contributed by atoms with Gasteiger partial charge in [-0.25, -0.2) is 38.4 Å². The van der Waals surface area contributed by atoms with Crippen molar-refractivity contribution >= 4 is 180 Å². The third-order valence-electron chi connectivity index (χ3n) is 13.6. The number of carbonyl (C=O) groups is 9. The monoisotopic (exact) mass is 1530 g/mol. The quantitative estimate of drug-likeness (QED) is 0.00675. The van der Waals surface area contributed by atoms with E-state index in [9.17, 15) is 58.5 Å². The molecule has 0 aromatic carbocycles. The van der Waals surface area contributed by atoms with Crippen LogP contribution in [0.3, 0.4) is 0 Å². The number of nitrogen functional groups attached to an aromatic ring is 2. The third kappa shape index (κ3) is 16.0. The van der Waals surface area contributed by atoms with Crippen LogP contribution in [0, 0.1) is 11.3 Å². The molecule has 11 heterocycles. The zero-order valence-corrected chi connectivity index (χ0v) is 58.7. The molecule has 10 N–H and O–H groups in total. The van der Waals surface area contributed by atoms with E-state index in [1.165, 1.54) is 116 Å². The van der Waals surface area contributed by atoms with E-state index in [1.807, 2.05) is 6.07 Å². The number of thiazole rings is 2. The van der Waals surface area contributed by atoms with Gasteiger partial charge in [0.2, 0.25) is 21.4 Å². The number of amides is 6. The molecule has 0 bridgehead atoms. The molecule has 0 spiro atoms. The van der Waals surface area contributed by atoms with Crippen LogP contribution >= 0.6 is 105 Å². The molecule has 0 unspecified atom stereocenters. The maximum absolute atomic E-state index is 12.9. The molecule has 516 valence electrons. The zero-order chi connectivity index (χ0) is 69.3. The summed E-state index contributed by atoms with van der Waals surface area (Å²) in [6.45, 7) is 0. The normalized spacial score (nSPS) is 20.9. The summed E-state index contributed by atoms with van der Waals surface area (Å²) >= 11 is 11.2. The fraction of sp³-hybridized carbons (Fsp3) is 0.426. The van der Waals surface area contributed by atoms with Crippen LogP contribution in [0.5, 0.6) is 0 Å². The van der Waals surface area contributed by atoms with Crippen LogP contribution in [0.25, 0.3) is 0 Å². The lowest BCUT2D eigenvalue weighted by molar-refractivity contribution is -0.192. The number of rotatable bonds is 25. The maximum Gasteiger partial charge on any atom is 1.00 e. The highest BCUT2D eigenvalue weighted by Gasteiger charge is 2.67. The fourth-order valence-corrected chi connectivity index (χ4v) is 18.0. The van der Waals surface area contributed by atoms with Crippen molar-refractivity contribution in [3.05, 3.63) is 56.0 Å². The van der Waals surface area contributed by atoms with Crippen molar-refractivity contribution in [2.75, 3.05) is 78.8 Å². The molecule has 6 aliphatic heterocycles. The van der Waals surface area contributed by atoms with Crippen LogP contribution < -0.4 is 39.8 Å². The number of nitrogens with zero attached hydrogens (tertiary/aromatic N) is 20. The number of thioether (sulfide) groups is 7. The van der Waals surface area contributed by atoms with E-state index in [-0.39, 0.29) is 81.3 Å². The number of β-lactam (4-membered cyclic amide) rings is 3. The Morgan fingerprint density at radius 3 is 1.39 bits per heavy atom. The second kappa shape index (κ2) is 32.8. The van der Waals surface area contributed by atoms with Crippen molar-refractivity contribution in [1.82, 2.24) is 101 Å². The number of aliphatic carboxylic acids is 3. The number of anilines is 2. The Morgan fingerprint density at radius 1 is 0.670 bits per heavy atom. The number of carboxylic acids is 3. The molecule has 3 fully saturated rings. The molecule has 6 amide bonds. The van der Waals surface area contributed by atoms with Crippen LogP contribution in [0.2, 0.25) is 0 Å². The number of ether oxygens (including phenoxy) is 1. The van der Waals surface area contributed by atoms with Gasteiger partial charge in [-0.1, -0.05) is 45.6 Å². The van der Waals surface area contributed by atoms with Crippen molar-refractivity contribution in [3.63, 3.8) is 0 Å². The summed E-state index contributed by atoms with van der Waals surface area (Å²) in [5, 5.41) is 89.7. The molecule has 11 rings (SSSR count). The van der Waals surface area contributed by atoms with Crippen LogP contribution in [-0.2, 0) is 78.7 Å². The van der Waals surface area contributed by atoms with Gasteiger partial charge in [0.05, 0.1) is 17.6 Å². The van der Waals surface area contributed by atoms with Gasteiger partial charge in [0.1, 0.15) is 70.9 Å². The lowest BCUT2D eigenvalue weighted by Crippen LogP contribution is -3.00. The summed E-state index contributed by atoms with van der Waals surface area (Å²) < 4.78 is 9.77. The van der Waals surface area contributed by atoms with Gasteiger partial charge in [0.25, 0.3) is 35.3 Å². The summed E-state index contributed by atoms with van der Waals surface area (Å²) in [6, 6.07) is 0.0677. The first-order valence-corrected chi connectivity index (χ1v) is 35.8. The maximum atomic E-state index is 12.9. The Kier molecular flexibility index (Phi) is 25.2. The van der Waals surface area contributed by atoms with Crippen molar-refractivity contribution < 1.29 is 86.7 Å². The highest BCUT2D eigenvalue weighted by atomic mass is 35.5. The minimum Gasteiger partial charge on any atom is -1.00 e. The van der Waals surface area contributed by atoms with Crippen molar-refractivity contribution in [3.8, 4) is 6.07 Å². The Bertz CT molecular complexity index is 3940. The number of methoxy groups -OCH3 is 1. The predicted molar refractivity (Wildman–Crippen MR) is 348 cm³/mol. The van der Waals surface area contributed by atoms with E-state index < -0.39 is 87.3 Å². The van der Waals surface area contributed by atoms with Crippen LogP contribution in [0.15, 0.2) is 70.4 Å². The molecule has 3 saturated heterocycles. The number of halogens is 1. The Morgan fingerprint density at radius 2 is 1.06 bits per heavy atom. The lowest BCUT2D eigenvalue weighted by atomic mass is 9.98. The van der Waals surface area contributed by atoms with Gasteiger partial charge in [-0.3, -0.25) is 43.5 Å². The van der Waals surface area contributed by atoms with E-state index in [1.54, 1.807) is 31.9 Å². The minimum absolute atomic E-state index is 0. The van der Waals surface area contributed by atoms with E-state index in [2.05, 4.69) is 82.8 Å². The van der Waals surface area contributed by atoms with Crippen molar-refractivity contribution in [2.45, 2.75) is 49.4 Å². The standard InChI is InChI=1S/2C16H17N9O5S3.C15H17N7O5S3.ClH/c2*1-24-16(20-22-23-24)33-4-6-3-31-13-9(12(27)25(13)10(6)14(28)29)19-11(26)8(21-30-2)7-5-32-15(17)18-7;1-21-14(18-19-20-21)30-6-8-5-29-13-15(27-2,17-9(23)7-28-4-3-16)12(26)22(13)10(8)11(24)25;/h2*5,9,13H,3-4H2,1-2H3,(H2,17,18)(H,19,26)(H,28,29);13H,4-7H2,1-2H3,(H,17,23)(H,24,25);1H/b2*21-8-;;/t2*9-,13-;13-,15+;/m111./s1. The summed E-state index contributed by atoms with van der Waals surface area (Å²) in [6.07, 6.45) is 0. The molecule has 5 aromatic heterocycles. The number of nitrogens with one attached hydrogen (secondary N) is 3. The highest BCUT2D eigenvalue weighted by Crippen LogP contribution is 2.48.